The lowest BCUT2D eigenvalue weighted by Crippen LogP contribution is -2.35. The molecular weight excluding hydrogens is 1210 g/mol. The number of hydrogen-bond acceptors (Lipinski definition) is 12. The topological polar surface area (TPSA) is 194 Å². The van der Waals surface area contributed by atoms with E-state index in [1.807, 2.05) is 60.7 Å². The number of halogens is 5. The maximum absolute atomic E-state index is 11.9. The Hall–Kier alpha value is -2.14. The first kappa shape index (κ1) is 65.5. The Labute approximate surface area is 409 Å². The Balaban J connectivity index is -0.000000332. The molecule has 1 atom stereocenters. The monoisotopic (exact) mass is 1270 g/mol. The minimum absolute atomic E-state index is 0.00781. The van der Waals surface area contributed by atoms with Crippen LogP contribution in [0.3, 0.4) is 0 Å². The van der Waals surface area contributed by atoms with Crippen molar-refractivity contribution in [2.75, 3.05) is 31.7 Å². The highest BCUT2D eigenvalue weighted by Crippen LogP contribution is 2.28. The first-order valence-corrected chi connectivity index (χ1v) is 30.1. The molecule has 0 radical (unpaired) electrons. The number of esters is 3. The fraction of sp³-hybridized carbons (Fsp3) is 0.535. The number of benzene rings is 2. The maximum atomic E-state index is 11.9. The normalized spacial score (nSPS) is 12.6. The van der Waals surface area contributed by atoms with Gasteiger partial charge in [-0.05, 0) is 94.2 Å². The van der Waals surface area contributed by atoms with Crippen molar-refractivity contribution in [3.63, 3.8) is 0 Å². The quantitative estimate of drug-likeness (QED) is 0.0657. The average Bonchev–Trinajstić information content (AvgIpc) is 3.44. The van der Waals surface area contributed by atoms with Crippen LogP contribution >= 0.6 is 81.4 Å². The average molecular weight is 1280 g/mol. The highest BCUT2D eigenvalue weighted by atomic mass is 128. The van der Waals surface area contributed by atoms with Gasteiger partial charge in [0.25, 0.3) is 0 Å². The van der Waals surface area contributed by atoms with Gasteiger partial charge in [0.2, 0.25) is 5.91 Å². The van der Waals surface area contributed by atoms with Crippen LogP contribution in [0.4, 0.5) is 0 Å². The fourth-order valence-corrected chi connectivity index (χ4v) is 4.68. The van der Waals surface area contributed by atoms with Gasteiger partial charge in [-0.15, -0.1) is 0 Å². The Morgan fingerprint density at radius 2 is 1.15 bits per heavy atom. The Bertz CT molecular complexity index is 1630. The number of Topliss-reactive ketones (excluding diaryl/α,β-unsaturated/α-hetero) is 4. The second-order valence-electron chi connectivity index (χ2n) is 14.3. The zero-order valence-electron chi connectivity index (χ0n) is 37.2. The van der Waals surface area contributed by atoms with Gasteiger partial charge in [-0.25, -0.2) is 0 Å². The van der Waals surface area contributed by atoms with Crippen molar-refractivity contribution < 1.29 is 52.6 Å². The second-order valence-corrected chi connectivity index (χ2v) is 14.8. The summed E-state index contributed by atoms with van der Waals surface area (Å²) in [6.07, 6.45) is 0. The molecule has 1 amide bonds. The van der Waals surface area contributed by atoms with Gasteiger partial charge < -0.3 is 24.8 Å². The van der Waals surface area contributed by atoms with Crippen LogP contribution in [0.15, 0.2) is 60.7 Å². The van der Waals surface area contributed by atoms with Crippen LogP contribution in [0.5, 0.6) is 0 Å². The molecule has 3 rings (SSSR count). The summed E-state index contributed by atoms with van der Waals surface area (Å²) in [5, 5.41) is 0.179. The fourth-order valence-electron chi connectivity index (χ4n) is 3.98. The minimum atomic E-state index is -1.03. The van der Waals surface area contributed by atoms with Crippen LogP contribution in [0.2, 0.25) is 0 Å². The largest absolute Gasteiger partial charge is 0.465 e. The third-order valence-electron chi connectivity index (χ3n) is 8.67. The van der Waals surface area contributed by atoms with Gasteiger partial charge in [0, 0.05) is 78.6 Å². The van der Waals surface area contributed by atoms with Crippen molar-refractivity contribution in [1.82, 2.24) is 4.90 Å². The number of alkyl halides is 1. The number of ether oxygens (including phenoxy) is 3. The molecule has 0 aromatic heterocycles. The molecule has 346 valence electrons. The summed E-state index contributed by atoms with van der Waals surface area (Å²) in [4.78, 5) is 90.9. The van der Waals surface area contributed by atoms with E-state index >= 15 is 0 Å². The number of carbonyl (C=O) groups is 8. The summed E-state index contributed by atoms with van der Waals surface area (Å²) in [7, 11) is 0. The summed E-state index contributed by atoms with van der Waals surface area (Å²) in [6, 6.07) is 19.7. The molecule has 0 bridgehead atoms. The number of hydrogen-bond donors (Lipinski definition) is 1. The van der Waals surface area contributed by atoms with Crippen molar-refractivity contribution in [1.29, 1.82) is 0 Å². The molecule has 2 N–H and O–H groups in total. The van der Waals surface area contributed by atoms with Crippen LogP contribution < -0.4 is 5.73 Å². The molecule has 1 heterocycles. The third kappa shape index (κ3) is 26.3. The molecule has 18 heteroatoms. The van der Waals surface area contributed by atoms with Gasteiger partial charge in [-0.2, -0.15) is 0 Å². The first-order valence-electron chi connectivity index (χ1n) is 18.9. The number of rotatable bonds is 13. The number of nitrogens with two attached hydrogens (primary N) is 1. The van der Waals surface area contributed by atoms with Crippen molar-refractivity contribution >= 4 is 128 Å². The SMILES string of the molecule is BrBr.CC1(C)C(=O)CN(Cc2ccccc2)C1=O.CCOC(=O)C(C)(C)C(=O)CBr.CCOC(=O)C(C)(C)C(C)=O.CCOC(=O)C(C)C(C)=O.II.NCc1ccccc1. The lowest BCUT2D eigenvalue weighted by Gasteiger charge is -2.19. The molecule has 61 heavy (non-hydrogen) atoms. The summed E-state index contributed by atoms with van der Waals surface area (Å²) in [6.45, 7) is 21.4. The molecule has 1 aliphatic heterocycles. The second kappa shape index (κ2) is 36.2. The van der Waals surface area contributed by atoms with Gasteiger partial charge in [-0.3, -0.25) is 38.4 Å². The van der Waals surface area contributed by atoms with E-state index in [2.05, 4.69) is 86.2 Å². The molecule has 1 saturated heterocycles. The van der Waals surface area contributed by atoms with Crippen molar-refractivity contribution in [2.45, 2.75) is 96.2 Å². The molecule has 1 aliphatic rings. The van der Waals surface area contributed by atoms with Crippen LogP contribution in [0, 0.1) is 22.2 Å². The Morgan fingerprint density at radius 3 is 1.44 bits per heavy atom. The van der Waals surface area contributed by atoms with E-state index in [0.717, 1.165) is 5.56 Å². The van der Waals surface area contributed by atoms with Crippen LogP contribution in [0.1, 0.15) is 94.2 Å². The zero-order valence-corrected chi connectivity index (χ0v) is 46.3. The molecule has 1 fully saturated rings. The summed E-state index contributed by atoms with van der Waals surface area (Å²) < 4.78 is 14.1. The van der Waals surface area contributed by atoms with Gasteiger partial charge >= 0.3 is 17.9 Å². The number of carbonyl (C=O) groups excluding carboxylic acids is 8. The number of nitrogens with zero attached hydrogens (tertiary/aromatic N) is 1. The molecular formula is C43H63Br3I2N2O11. The number of ketones is 4. The van der Waals surface area contributed by atoms with Crippen LogP contribution in [-0.2, 0) is 65.7 Å². The third-order valence-corrected chi connectivity index (χ3v) is 9.18. The zero-order chi connectivity index (χ0) is 48.6. The van der Waals surface area contributed by atoms with Gasteiger partial charge in [0.1, 0.15) is 33.7 Å². The van der Waals surface area contributed by atoms with Crippen molar-refractivity contribution in [3.8, 4) is 0 Å². The predicted octanol–water partition coefficient (Wildman–Crippen LogP) is 9.71. The van der Waals surface area contributed by atoms with E-state index in [-0.39, 0.29) is 40.9 Å². The van der Waals surface area contributed by atoms with E-state index in [4.69, 9.17) is 15.2 Å². The minimum Gasteiger partial charge on any atom is -0.465 e. The van der Waals surface area contributed by atoms with E-state index in [0.29, 0.717) is 32.9 Å². The first-order chi connectivity index (χ1) is 28.4. The Morgan fingerprint density at radius 1 is 0.754 bits per heavy atom. The summed E-state index contributed by atoms with van der Waals surface area (Å²) in [5.74, 6) is -2.51. The molecule has 13 nitrogen and oxygen atoms in total. The van der Waals surface area contributed by atoms with Gasteiger partial charge in [0.15, 0.2) is 11.6 Å². The van der Waals surface area contributed by atoms with Crippen molar-refractivity contribution in [3.05, 3.63) is 71.8 Å². The van der Waals surface area contributed by atoms with Crippen LogP contribution in [-0.4, -0.2) is 83.5 Å². The van der Waals surface area contributed by atoms with E-state index in [1.54, 1.807) is 74.1 Å². The molecule has 0 aliphatic carbocycles. The number of likely N-dealkylation sites (tertiary alicyclic amines) is 1. The molecule has 2 aromatic carbocycles. The van der Waals surface area contributed by atoms with E-state index in [1.165, 1.54) is 19.4 Å². The molecule has 1 unspecified atom stereocenters. The Kier molecular flexibility index (Phi) is 38.9. The highest BCUT2D eigenvalue weighted by molar-refractivity contribution is 15.0. The number of amides is 1. The molecule has 0 saturated carbocycles. The summed E-state index contributed by atoms with van der Waals surface area (Å²) >= 11 is 12.8. The van der Waals surface area contributed by atoms with Gasteiger partial charge in [-0.1, -0.05) is 76.6 Å². The van der Waals surface area contributed by atoms with E-state index in [9.17, 15) is 38.4 Å². The van der Waals surface area contributed by atoms with Crippen molar-refractivity contribution in [2.24, 2.45) is 27.9 Å². The smallest absolute Gasteiger partial charge is 0.319 e. The van der Waals surface area contributed by atoms with E-state index < -0.39 is 40.1 Å². The predicted molar refractivity (Wildman–Crippen MR) is 268 cm³/mol. The highest BCUT2D eigenvalue weighted by Gasteiger charge is 2.46. The van der Waals surface area contributed by atoms with Crippen LogP contribution in [0.25, 0.3) is 0 Å². The maximum Gasteiger partial charge on any atom is 0.319 e. The van der Waals surface area contributed by atoms with Gasteiger partial charge in [0.05, 0.1) is 31.7 Å². The summed E-state index contributed by atoms with van der Waals surface area (Å²) in [5.41, 5.74) is 4.74. The lowest BCUT2D eigenvalue weighted by molar-refractivity contribution is -0.158. The molecule has 0 spiro atoms. The standard InChI is InChI=1S/C13H15NO2.C8H13BrO3.C8H14O3.C7H9N.C7H12O3.Br2.I2/c1-13(2)11(15)9-14(12(13)16)8-10-6-4-3-5-7-10;1-4-12-7(11)8(2,3)6(10)5-9;1-5-11-7(10)8(3,4)6(2)9;8-6-7-4-2-1-3-5-7;1-4-10-7(9)5(2)6(3)8;2*1-2/h3-7H,8-9H2,1-2H3;4-5H2,1-3H3;5H2,1-4H3;1-5H,6,8H2;5H,4H2,1-3H3;;. The lowest BCUT2D eigenvalue weighted by atomic mass is 9.89. The molecule has 2 aromatic rings.